The molecule has 0 spiro atoms. The van der Waals surface area contributed by atoms with E-state index >= 15 is 0 Å². The van der Waals surface area contributed by atoms with E-state index in [2.05, 4.69) is 11.9 Å². The first-order chi connectivity index (χ1) is 4.72. The lowest BCUT2D eigenvalue weighted by Gasteiger charge is -2.08. The van der Waals surface area contributed by atoms with Gasteiger partial charge in [0.1, 0.15) is 0 Å². The van der Waals surface area contributed by atoms with Gasteiger partial charge in [-0.2, -0.15) is 0 Å². The van der Waals surface area contributed by atoms with Crippen molar-refractivity contribution in [1.29, 1.82) is 0 Å². The van der Waals surface area contributed by atoms with Crippen molar-refractivity contribution in [2.45, 2.75) is 0 Å². The Balaban J connectivity index is 2.91. The SMILES string of the molecule is C=C1NC=CC=C1C(=O)O. The summed E-state index contributed by atoms with van der Waals surface area (Å²) in [5.41, 5.74) is 0.637. The lowest BCUT2D eigenvalue weighted by atomic mass is 10.1. The fourth-order valence-corrected chi connectivity index (χ4v) is 0.672. The van der Waals surface area contributed by atoms with E-state index in [9.17, 15) is 4.79 Å². The topological polar surface area (TPSA) is 49.3 Å². The van der Waals surface area contributed by atoms with Crippen molar-refractivity contribution in [3.05, 3.63) is 36.2 Å². The smallest absolute Gasteiger partial charge is 0.337 e. The third-order valence-corrected chi connectivity index (χ3v) is 1.17. The predicted molar refractivity (Wildman–Crippen MR) is 37.1 cm³/mol. The first-order valence-electron chi connectivity index (χ1n) is 2.78. The van der Waals surface area contributed by atoms with Crippen LogP contribution >= 0.6 is 0 Å². The number of nitrogens with one attached hydrogen (secondary N) is 1. The average molecular weight is 137 g/mol. The maximum absolute atomic E-state index is 10.4. The van der Waals surface area contributed by atoms with Crippen molar-refractivity contribution in [2.75, 3.05) is 0 Å². The number of hydrogen-bond acceptors (Lipinski definition) is 2. The number of aliphatic carboxylic acids is 1. The molecule has 1 aliphatic heterocycles. The molecular formula is C7H7NO2. The minimum Gasteiger partial charge on any atom is -0.478 e. The van der Waals surface area contributed by atoms with E-state index in [1.54, 1.807) is 12.3 Å². The zero-order valence-electron chi connectivity index (χ0n) is 5.29. The zero-order chi connectivity index (χ0) is 7.56. The maximum atomic E-state index is 10.4. The Morgan fingerprint density at radius 1 is 1.70 bits per heavy atom. The number of carboxylic acid groups (broad SMARTS) is 1. The second-order valence-electron chi connectivity index (χ2n) is 1.87. The van der Waals surface area contributed by atoms with Crippen LogP contribution in [-0.4, -0.2) is 11.1 Å². The molecule has 1 heterocycles. The minimum atomic E-state index is -0.957. The highest BCUT2D eigenvalue weighted by Gasteiger charge is 2.10. The predicted octanol–water partition coefficient (Wildman–Crippen LogP) is 0.628. The summed E-state index contributed by atoms with van der Waals surface area (Å²) < 4.78 is 0. The summed E-state index contributed by atoms with van der Waals surface area (Å²) in [7, 11) is 0. The Kier molecular flexibility index (Phi) is 1.58. The van der Waals surface area contributed by atoms with E-state index < -0.39 is 5.97 Å². The molecule has 0 aromatic rings. The van der Waals surface area contributed by atoms with Gasteiger partial charge in [0, 0.05) is 11.9 Å². The van der Waals surface area contributed by atoms with Crippen LogP contribution in [-0.2, 0) is 4.79 Å². The van der Waals surface area contributed by atoms with Gasteiger partial charge in [0.2, 0.25) is 0 Å². The molecule has 0 fully saturated rings. The lowest BCUT2D eigenvalue weighted by Crippen LogP contribution is -2.15. The summed E-state index contributed by atoms with van der Waals surface area (Å²) in [6.45, 7) is 3.51. The summed E-state index contributed by atoms with van der Waals surface area (Å²) >= 11 is 0. The van der Waals surface area contributed by atoms with E-state index in [0.29, 0.717) is 5.70 Å². The van der Waals surface area contributed by atoms with Gasteiger partial charge in [0.25, 0.3) is 0 Å². The highest BCUT2D eigenvalue weighted by atomic mass is 16.4. The Morgan fingerprint density at radius 2 is 2.40 bits per heavy atom. The monoisotopic (exact) mass is 137 g/mol. The van der Waals surface area contributed by atoms with E-state index in [1.165, 1.54) is 6.08 Å². The second kappa shape index (κ2) is 2.39. The van der Waals surface area contributed by atoms with Gasteiger partial charge >= 0.3 is 5.97 Å². The van der Waals surface area contributed by atoms with Crippen molar-refractivity contribution < 1.29 is 9.90 Å². The Hall–Kier alpha value is -1.51. The highest BCUT2D eigenvalue weighted by molar-refractivity contribution is 5.92. The molecule has 0 aromatic carbocycles. The van der Waals surface area contributed by atoms with Crippen molar-refractivity contribution in [3.63, 3.8) is 0 Å². The van der Waals surface area contributed by atoms with Crippen molar-refractivity contribution in [2.24, 2.45) is 0 Å². The Morgan fingerprint density at radius 3 is 2.80 bits per heavy atom. The van der Waals surface area contributed by atoms with E-state index in [1.807, 2.05) is 0 Å². The van der Waals surface area contributed by atoms with Crippen LogP contribution in [0.25, 0.3) is 0 Å². The molecular weight excluding hydrogens is 130 g/mol. The maximum Gasteiger partial charge on any atom is 0.337 e. The molecule has 0 unspecified atom stereocenters. The van der Waals surface area contributed by atoms with Gasteiger partial charge in [-0.1, -0.05) is 6.58 Å². The van der Waals surface area contributed by atoms with Crippen LogP contribution in [0.2, 0.25) is 0 Å². The van der Waals surface area contributed by atoms with Gasteiger partial charge in [-0.05, 0) is 12.2 Å². The van der Waals surface area contributed by atoms with Crippen molar-refractivity contribution >= 4 is 5.97 Å². The number of allylic oxidation sites excluding steroid dienone is 2. The summed E-state index contributed by atoms with van der Waals surface area (Å²) in [4.78, 5) is 10.4. The fraction of sp³-hybridized carbons (Fsp3) is 0. The second-order valence-corrected chi connectivity index (χ2v) is 1.87. The van der Waals surface area contributed by atoms with Gasteiger partial charge in [-0.25, -0.2) is 4.79 Å². The summed E-state index contributed by atoms with van der Waals surface area (Å²) in [5, 5.41) is 11.2. The van der Waals surface area contributed by atoms with Crippen LogP contribution in [0.3, 0.4) is 0 Å². The number of dihydropyridines is 1. The van der Waals surface area contributed by atoms with Crippen LogP contribution in [0, 0.1) is 0 Å². The van der Waals surface area contributed by atoms with Gasteiger partial charge in [0.15, 0.2) is 0 Å². The largest absolute Gasteiger partial charge is 0.478 e. The molecule has 2 N–H and O–H groups in total. The summed E-state index contributed by atoms with van der Waals surface area (Å²) in [6, 6.07) is 0. The van der Waals surface area contributed by atoms with Crippen LogP contribution in [0.4, 0.5) is 0 Å². The standard InChI is InChI=1S/C7H7NO2/c1-5-6(7(9)10)3-2-4-8-5/h2-4,8H,1H2,(H,9,10). The first kappa shape index (κ1) is 6.61. The summed E-state index contributed by atoms with van der Waals surface area (Å²) in [6.07, 6.45) is 4.76. The van der Waals surface area contributed by atoms with Crippen LogP contribution in [0.15, 0.2) is 36.2 Å². The molecule has 0 amide bonds. The quantitative estimate of drug-likeness (QED) is 0.557. The molecule has 0 radical (unpaired) electrons. The molecule has 0 saturated heterocycles. The van der Waals surface area contributed by atoms with E-state index in [-0.39, 0.29) is 5.57 Å². The molecule has 0 aromatic heterocycles. The van der Waals surface area contributed by atoms with Gasteiger partial charge in [0.05, 0.1) is 5.57 Å². The van der Waals surface area contributed by atoms with Gasteiger partial charge in [-0.15, -0.1) is 0 Å². The third-order valence-electron chi connectivity index (χ3n) is 1.17. The van der Waals surface area contributed by atoms with Crippen LogP contribution < -0.4 is 5.32 Å². The van der Waals surface area contributed by atoms with Gasteiger partial charge < -0.3 is 10.4 Å². The normalized spacial score (nSPS) is 16.0. The molecule has 52 valence electrons. The highest BCUT2D eigenvalue weighted by Crippen LogP contribution is 2.08. The van der Waals surface area contributed by atoms with Crippen LogP contribution in [0.1, 0.15) is 0 Å². The molecule has 0 bridgehead atoms. The minimum absolute atomic E-state index is 0.211. The number of rotatable bonds is 1. The Bertz CT molecular complexity index is 238. The number of carbonyl (C=O) groups is 1. The lowest BCUT2D eigenvalue weighted by molar-refractivity contribution is -0.132. The van der Waals surface area contributed by atoms with Crippen molar-refractivity contribution in [3.8, 4) is 0 Å². The molecule has 1 aliphatic rings. The van der Waals surface area contributed by atoms with Gasteiger partial charge in [-0.3, -0.25) is 0 Å². The Labute approximate surface area is 58.4 Å². The molecule has 3 nitrogen and oxygen atoms in total. The molecule has 3 heteroatoms. The molecule has 0 atom stereocenters. The van der Waals surface area contributed by atoms with Crippen molar-refractivity contribution in [1.82, 2.24) is 5.32 Å². The van der Waals surface area contributed by atoms with Crippen LogP contribution in [0.5, 0.6) is 0 Å². The average Bonchev–Trinajstić information content (AvgIpc) is 1.88. The number of carboxylic acids is 1. The molecule has 0 aliphatic carbocycles. The number of hydrogen-bond donors (Lipinski definition) is 2. The molecule has 10 heavy (non-hydrogen) atoms. The third kappa shape index (κ3) is 1.07. The fourth-order valence-electron chi connectivity index (χ4n) is 0.672. The zero-order valence-corrected chi connectivity index (χ0v) is 5.29. The summed E-state index contributed by atoms with van der Waals surface area (Å²) in [5.74, 6) is -0.957. The molecule has 0 saturated carbocycles. The van der Waals surface area contributed by atoms with E-state index in [0.717, 1.165) is 0 Å². The van der Waals surface area contributed by atoms with E-state index in [4.69, 9.17) is 5.11 Å². The first-order valence-corrected chi connectivity index (χ1v) is 2.78. The molecule has 1 rings (SSSR count).